The Labute approximate surface area is 237 Å². The van der Waals surface area contributed by atoms with Crippen LogP contribution in [0, 0.1) is 0 Å². The zero-order valence-electron chi connectivity index (χ0n) is 25.3. The molecule has 0 radical (unpaired) electrons. The number of amides is 2. The Morgan fingerprint density at radius 3 is 2.08 bits per heavy atom. The normalized spacial score (nSPS) is 11.4. The SMILES string of the molecule is CCCCNc1nc(N(C(=O)OC(C)(C)C)C(=O)OC(C)(C)C)ncc1OCCCc1ccc(OC)c(OC)c1. The number of rotatable bonds is 12. The molecule has 0 unspecified atom stereocenters. The number of nitrogens with zero attached hydrogens (tertiary/aromatic N) is 3. The first-order chi connectivity index (χ1) is 18.8. The summed E-state index contributed by atoms with van der Waals surface area (Å²) in [7, 11) is 3.21. The van der Waals surface area contributed by atoms with E-state index in [2.05, 4.69) is 22.2 Å². The lowest BCUT2D eigenvalue weighted by molar-refractivity contribution is 0.0427. The maximum absolute atomic E-state index is 13.0. The summed E-state index contributed by atoms with van der Waals surface area (Å²) in [6.45, 7) is 13.3. The zero-order valence-corrected chi connectivity index (χ0v) is 25.3. The van der Waals surface area contributed by atoms with E-state index >= 15 is 0 Å². The van der Waals surface area contributed by atoms with Crippen LogP contribution in [0.1, 0.15) is 73.3 Å². The number of aryl methyl sites for hydroxylation is 1. The molecule has 0 bridgehead atoms. The summed E-state index contributed by atoms with van der Waals surface area (Å²) < 4.78 is 27.6. The second-order valence-electron chi connectivity index (χ2n) is 11.1. The largest absolute Gasteiger partial charge is 0.493 e. The molecule has 11 nitrogen and oxygen atoms in total. The van der Waals surface area contributed by atoms with Gasteiger partial charge >= 0.3 is 12.2 Å². The first-order valence-electron chi connectivity index (χ1n) is 13.5. The number of carbonyl (C=O) groups is 2. The van der Waals surface area contributed by atoms with Crippen molar-refractivity contribution in [3.63, 3.8) is 0 Å². The molecule has 0 saturated carbocycles. The van der Waals surface area contributed by atoms with E-state index in [0.717, 1.165) is 24.8 Å². The van der Waals surface area contributed by atoms with Gasteiger partial charge in [0.15, 0.2) is 23.1 Å². The van der Waals surface area contributed by atoms with Crippen molar-refractivity contribution in [3.8, 4) is 17.2 Å². The lowest BCUT2D eigenvalue weighted by Crippen LogP contribution is -2.44. The quantitative estimate of drug-likeness (QED) is 0.292. The molecule has 1 N–H and O–H groups in total. The maximum Gasteiger partial charge on any atom is 0.427 e. The van der Waals surface area contributed by atoms with Gasteiger partial charge in [0.05, 0.1) is 27.0 Å². The van der Waals surface area contributed by atoms with Gasteiger partial charge in [0.2, 0.25) is 5.95 Å². The summed E-state index contributed by atoms with van der Waals surface area (Å²) in [5.41, 5.74) is -0.619. The van der Waals surface area contributed by atoms with Gasteiger partial charge in [-0.15, -0.1) is 4.90 Å². The lowest BCUT2D eigenvalue weighted by atomic mass is 10.1. The second-order valence-corrected chi connectivity index (χ2v) is 11.1. The van der Waals surface area contributed by atoms with Crippen molar-refractivity contribution >= 4 is 24.0 Å². The Bertz CT molecular complexity index is 1100. The highest BCUT2D eigenvalue weighted by atomic mass is 16.6. The van der Waals surface area contributed by atoms with Crippen LogP contribution in [-0.2, 0) is 15.9 Å². The summed E-state index contributed by atoms with van der Waals surface area (Å²) >= 11 is 0. The molecule has 1 aromatic heterocycles. The number of ether oxygens (including phenoxy) is 5. The van der Waals surface area contributed by atoms with Crippen LogP contribution in [0.25, 0.3) is 0 Å². The first-order valence-corrected chi connectivity index (χ1v) is 13.5. The molecule has 2 rings (SSSR count). The molecule has 2 amide bonds. The third-order valence-electron chi connectivity index (χ3n) is 5.23. The summed E-state index contributed by atoms with van der Waals surface area (Å²) in [5, 5.41) is 3.23. The molecule has 0 saturated heterocycles. The minimum Gasteiger partial charge on any atom is -0.493 e. The fourth-order valence-corrected chi connectivity index (χ4v) is 3.43. The van der Waals surface area contributed by atoms with E-state index in [1.54, 1.807) is 55.8 Å². The Kier molecular flexibility index (Phi) is 11.8. The Hall–Kier alpha value is -3.76. The van der Waals surface area contributed by atoms with Crippen LogP contribution < -0.4 is 24.4 Å². The zero-order chi connectivity index (χ0) is 29.9. The van der Waals surface area contributed by atoms with E-state index in [-0.39, 0.29) is 5.95 Å². The number of hydrogen-bond acceptors (Lipinski definition) is 10. The minimum atomic E-state index is -0.940. The van der Waals surface area contributed by atoms with Crippen LogP contribution in [0.4, 0.5) is 21.4 Å². The van der Waals surface area contributed by atoms with Crippen molar-refractivity contribution in [1.29, 1.82) is 0 Å². The van der Waals surface area contributed by atoms with Crippen LogP contribution in [0.15, 0.2) is 24.4 Å². The molecular weight excluding hydrogens is 516 g/mol. The Morgan fingerprint density at radius 1 is 0.900 bits per heavy atom. The number of unbranched alkanes of at least 4 members (excludes halogenated alkanes) is 1. The molecule has 0 aliphatic carbocycles. The average molecular weight is 561 g/mol. The van der Waals surface area contributed by atoms with Gasteiger partial charge in [-0.25, -0.2) is 14.6 Å². The van der Waals surface area contributed by atoms with Crippen LogP contribution in [-0.4, -0.2) is 60.7 Å². The Balaban J connectivity index is 2.25. The van der Waals surface area contributed by atoms with E-state index < -0.39 is 23.4 Å². The Morgan fingerprint density at radius 2 is 1.52 bits per heavy atom. The van der Waals surface area contributed by atoms with Crippen LogP contribution in [0.3, 0.4) is 0 Å². The molecule has 1 heterocycles. The van der Waals surface area contributed by atoms with Crippen LogP contribution in [0.2, 0.25) is 0 Å². The van der Waals surface area contributed by atoms with E-state index in [1.165, 1.54) is 6.20 Å². The van der Waals surface area contributed by atoms with Gasteiger partial charge in [-0.2, -0.15) is 4.98 Å². The van der Waals surface area contributed by atoms with Crippen molar-refractivity contribution in [2.45, 2.75) is 85.4 Å². The fraction of sp³-hybridized carbons (Fsp3) is 0.586. The maximum atomic E-state index is 13.0. The predicted octanol–water partition coefficient (Wildman–Crippen LogP) is 6.39. The topological polar surface area (TPSA) is 121 Å². The number of hydrogen-bond donors (Lipinski definition) is 1. The van der Waals surface area contributed by atoms with Gasteiger partial charge in [-0.3, -0.25) is 0 Å². The number of methoxy groups -OCH3 is 2. The number of benzene rings is 1. The van der Waals surface area contributed by atoms with E-state index in [0.29, 0.717) is 47.5 Å². The summed E-state index contributed by atoms with van der Waals surface area (Å²) in [4.78, 5) is 35.5. The van der Waals surface area contributed by atoms with E-state index in [1.807, 2.05) is 18.2 Å². The van der Waals surface area contributed by atoms with Gasteiger partial charge in [-0.05, 0) is 78.5 Å². The van der Waals surface area contributed by atoms with Crippen molar-refractivity contribution in [2.24, 2.45) is 0 Å². The predicted molar refractivity (Wildman–Crippen MR) is 154 cm³/mol. The first kappa shape index (κ1) is 32.5. The highest BCUT2D eigenvalue weighted by molar-refractivity contribution is 6.08. The van der Waals surface area contributed by atoms with E-state index in [4.69, 9.17) is 23.7 Å². The van der Waals surface area contributed by atoms with Gasteiger partial charge in [0, 0.05) is 6.54 Å². The van der Waals surface area contributed by atoms with Crippen LogP contribution >= 0.6 is 0 Å². The van der Waals surface area contributed by atoms with Gasteiger partial charge in [0.25, 0.3) is 0 Å². The monoisotopic (exact) mass is 560 g/mol. The van der Waals surface area contributed by atoms with Crippen molar-refractivity contribution in [2.75, 3.05) is 37.6 Å². The highest BCUT2D eigenvalue weighted by Gasteiger charge is 2.35. The summed E-state index contributed by atoms with van der Waals surface area (Å²) in [5.74, 6) is 1.93. The standard InChI is InChI=1S/C29H44N4O7/c1-10-11-16-30-24-23(38-17-12-13-20-14-15-21(36-8)22(18-20)37-9)19-31-25(32-24)33(26(34)39-28(2,3)4)27(35)40-29(5,6)7/h14-15,18-19H,10-13,16-17H2,1-9H3,(H,30,31,32). The average Bonchev–Trinajstić information content (AvgIpc) is 2.85. The highest BCUT2D eigenvalue weighted by Crippen LogP contribution is 2.29. The molecule has 0 aliphatic rings. The number of anilines is 2. The third kappa shape index (κ3) is 10.4. The van der Waals surface area contributed by atoms with Crippen molar-refractivity contribution in [3.05, 3.63) is 30.0 Å². The number of aromatic nitrogens is 2. The molecule has 11 heteroatoms. The molecule has 0 spiro atoms. The number of nitrogens with one attached hydrogen (secondary N) is 1. The third-order valence-corrected chi connectivity index (χ3v) is 5.23. The summed E-state index contributed by atoms with van der Waals surface area (Å²) in [6.07, 6.45) is 2.88. The number of carbonyl (C=O) groups excluding carboxylic acids is 2. The van der Waals surface area contributed by atoms with Crippen molar-refractivity contribution in [1.82, 2.24) is 9.97 Å². The molecule has 0 atom stereocenters. The lowest BCUT2D eigenvalue weighted by Gasteiger charge is -2.27. The van der Waals surface area contributed by atoms with E-state index in [9.17, 15) is 9.59 Å². The van der Waals surface area contributed by atoms with Gasteiger partial charge in [0.1, 0.15) is 11.2 Å². The minimum absolute atomic E-state index is 0.180. The molecule has 1 aromatic carbocycles. The smallest absolute Gasteiger partial charge is 0.427 e. The summed E-state index contributed by atoms with van der Waals surface area (Å²) in [6, 6.07) is 5.80. The fourth-order valence-electron chi connectivity index (χ4n) is 3.43. The van der Waals surface area contributed by atoms with Crippen molar-refractivity contribution < 1.29 is 33.3 Å². The molecule has 0 aliphatic heterocycles. The molecule has 40 heavy (non-hydrogen) atoms. The molecule has 0 fully saturated rings. The molecular formula is C29H44N4O7. The molecule has 2 aromatic rings. The van der Waals surface area contributed by atoms with Gasteiger partial charge in [-0.1, -0.05) is 19.4 Å². The second kappa shape index (κ2) is 14.6. The van der Waals surface area contributed by atoms with Gasteiger partial charge < -0.3 is 29.0 Å². The number of imide groups is 1. The molecule has 222 valence electrons. The van der Waals surface area contributed by atoms with Crippen LogP contribution in [0.5, 0.6) is 17.2 Å².